The van der Waals surface area contributed by atoms with E-state index < -0.39 is 6.17 Å². The van der Waals surface area contributed by atoms with Crippen molar-refractivity contribution in [2.45, 2.75) is 43.2 Å². The average Bonchev–Trinajstić information content (AvgIpc) is 3.17. The van der Waals surface area contributed by atoms with Gasteiger partial charge in [0.1, 0.15) is 12.0 Å². The third-order valence-corrected chi connectivity index (χ3v) is 6.38. The molecular formula is C21H28FN7. The van der Waals surface area contributed by atoms with Gasteiger partial charge in [-0.05, 0) is 36.6 Å². The summed E-state index contributed by atoms with van der Waals surface area (Å²) in [6.07, 6.45) is 4.27. The minimum atomic E-state index is -0.899. The van der Waals surface area contributed by atoms with E-state index in [0.717, 1.165) is 24.5 Å². The molecule has 7 nitrogen and oxygen atoms in total. The number of alkyl halides is 1. The Hall–Kier alpha value is -2.13. The number of hydrazine groups is 1. The number of nitrogens with two attached hydrogens (primary N) is 1. The number of aromatic nitrogens is 2. The SMILES string of the molecule is N[C@H]1C[C@@H](F)CN(c2cccc(C3NNC4CNC(c5cccnc5)CC43)n2)C1. The summed E-state index contributed by atoms with van der Waals surface area (Å²) in [6, 6.07) is 10.7. The summed E-state index contributed by atoms with van der Waals surface area (Å²) in [4.78, 5) is 11.1. The van der Waals surface area contributed by atoms with Crippen molar-refractivity contribution in [2.75, 3.05) is 24.5 Å². The Bertz CT molecular complexity index is 825. The number of nitrogens with one attached hydrogen (secondary N) is 3. The maximum absolute atomic E-state index is 14.0. The number of halogens is 1. The van der Waals surface area contributed by atoms with Gasteiger partial charge in [0.15, 0.2) is 0 Å². The van der Waals surface area contributed by atoms with Gasteiger partial charge in [0, 0.05) is 49.5 Å². The molecule has 5 N–H and O–H groups in total. The van der Waals surface area contributed by atoms with Crippen molar-refractivity contribution in [2.24, 2.45) is 11.7 Å². The number of piperidine rings is 2. The first-order valence-corrected chi connectivity index (χ1v) is 10.4. The fraction of sp³-hybridized carbons (Fsp3) is 0.524. The molecule has 0 spiro atoms. The highest BCUT2D eigenvalue weighted by atomic mass is 19.1. The van der Waals surface area contributed by atoms with Crippen molar-refractivity contribution in [3.63, 3.8) is 0 Å². The van der Waals surface area contributed by atoms with Gasteiger partial charge in [-0.15, -0.1) is 0 Å². The molecule has 3 saturated heterocycles. The fourth-order valence-corrected chi connectivity index (χ4v) is 4.95. The molecule has 4 unspecified atom stereocenters. The molecule has 0 aliphatic carbocycles. The van der Waals surface area contributed by atoms with Gasteiger partial charge < -0.3 is 16.0 Å². The number of fused-ring (bicyclic) bond motifs is 1. The zero-order valence-electron chi connectivity index (χ0n) is 16.3. The molecule has 0 amide bonds. The first-order chi connectivity index (χ1) is 14.2. The van der Waals surface area contributed by atoms with E-state index in [1.165, 1.54) is 5.56 Å². The summed E-state index contributed by atoms with van der Waals surface area (Å²) in [5, 5.41) is 3.62. The predicted molar refractivity (Wildman–Crippen MR) is 110 cm³/mol. The second kappa shape index (κ2) is 7.95. The van der Waals surface area contributed by atoms with Crippen LogP contribution < -0.4 is 26.8 Å². The molecule has 0 bridgehead atoms. The lowest BCUT2D eigenvalue weighted by Crippen LogP contribution is -2.48. The van der Waals surface area contributed by atoms with E-state index in [4.69, 9.17) is 10.7 Å². The van der Waals surface area contributed by atoms with Gasteiger partial charge >= 0.3 is 0 Å². The van der Waals surface area contributed by atoms with Gasteiger partial charge in [-0.3, -0.25) is 10.4 Å². The van der Waals surface area contributed by atoms with Crippen LogP contribution in [0, 0.1) is 5.92 Å². The smallest absolute Gasteiger partial charge is 0.129 e. The molecule has 29 heavy (non-hydrogen) atoms. The lowest BCUT2D eigenvalue weighted by Gasteiger charge is -2.35. The number of anilines is 1. The molecule has 2 aromatic heterocycles. The van der Waals surface area contributed by atoms with E-state index >= 15 is 0 Å². The number of hydrogen-bond acceptors (Lipinski definition) is 7. The van der Waals surface area contributed by atoms with Gasteiger partial charge in [-0.2, -0.15) is 0 Å². The first kappa shape index (κ1) is 18.9. The summed E-state index contributed by atoms with van der Waals surface area (Å²) in [7, 11) is 0. The molecule has 6 atom stereocenters. The van der Waals surface area contributed by atoms with Crippen molar-refractivity contribution < 1.29 is 4.39 Å². The summed E-state index contributed by atoms with van der Waals surface area (Å²) in [5.74, 6) is 1.21. The van der Waals surface area contributed by atoms with Gasteiger partial charge in [-0.25, -0.2) is 14.8 Å². The molecule has 2 aromatic rings. The number of rotatable bonds is 3. The standard InChI is InChI=1S/C21H28FN7/c22-14-7-15(23)12-29(11-14)20-5-1-4-17(26-20)21-16-8-18(13-3-2-6-24-9-13)25-10-19(16)27-28-21/h1-6,9,14-16,18-19,21,25,27-28H,7-8,10-12,23H2/t14-,15+,16?,18?,19?,21?/m1/s1. The molecule has 5 rings (SSSR count). The van der Waals surface area contributed by atoms with E-state index in [1.807, 2.05) is 29.3 Å². The highest BCUT2D eigenvalue weighted by Gasteiger charge is 2.42. The zero-order chi connectivity index (χ0) is 19.8. The van der Waals surface area contributed by atoms with E-state index in [0.29, 0.717) is 31.5 Å². The summed E-state index contributed by atoms with van der Waals surface area (Å²) >= 11 is 0. The Morgan fingerprint density at radius 2 is 2.03 bits per heavy atom. The largest absolute Gasteiger partial charge is 0.352 e. The first-order valence-electron chi connectivity index (χ1n) is 10.4. The quantitative estimate of drug-likeness (QED) is 0.619. The second-order valence-corrected chi connectivity index (χ2v) is 8.44. The van der Waals surface area contributed by atoms with Crippen LogP contribution in [0.3, 0.4) is 0 Å². The highest BCUT2D eigenvalue weighted by Crippen LogP contribution is 2.38. The molecule has 3 aliphatic rings. The van der Waals surface area contributed by atoms with Crippen LogP contribution >= 0.6 is 0 Å². The number of hydrogen-bond donors (Lipinski definition) is 4. The Labute approximate surface area is 170 Å². The lowest BCUT2D eigenvalue weighted by molar-refractivity contribution is 0.263. The topological polar surface area (TPSA) is 91.1 Å². The normalized spacial score (nSPS) is 34.8. The van der Waals surface area contributed by atoms with Crippen LogP contribution in [-0.4, -0.2) is 47.9 Å². The van der Waals surface area contributed by atoms with E-state index in [9.17, 15) is 4.39 Å². The Morgan fingerprint density at radius 1 is 1.10 bits per heavy atom. The predicted octanol–water partition coefficient (Wildman–Crippen LogP) is 1.22. The fourth-order valence-electron chi connectivity index (χ4n) is 4.95. The molecular weight excluding hydrogens is 369 g/mol. The summed E-state index contributed by atoms with van der Waals surface area (Å²) in [5.41, 5.74) is 15.1. The monoisotopic (exact) mass is 397 g/mol. The highest BCUT2D eigenvalue weighted by molar-refractivity contribution is 5.41. The number of nitrogens with zero attached hydrogens (tertiary/aromatic N) is 3. The minimum Gasteiger partial charge on any atom is -0.352 e. The minimum absolute atomic E-state index is 0.112. The van der Waals surface area contributed by atoms with Crippen molar-refractivity contribution in [1.29, 1.82) is 0 Å². The van der Waals surface area contributed by atoms with E-state index in [2.05, 4.69) is 33.3 Å². The molecule has 8 heteroatoms. The van der Waals surface area contributed by atoms with Crippen LogP contribution in [0.1, 0.15) is 36.2 Å². The van der Waals surface area contributed by atoms with Crippen LogP contribution in [0.15, 0.2) is 42.7 Å². The maximum Gasteiger partial charge on any atom is 0.129 e. The van der Waals surface area contributed by atoms with Crippen molar-refractivity contribution in [3.8, 4) is 0 Å². The summed E-state index contributed by atoms with van der Waals surface area (Å²) < 4.78 is 14.0. The van der Waals surface area contributed by atoms with Gasteiger partial charge in [-0.1, -0.05) is 12.1 Å². The molecule has 3 fully saturated rings. The van der Waals surface area contributed by atoms with Gasteiger partial charge in [0.25, 0.3) is 0 Å². The molecule has 0 radical (unpaired) electrons. The van der Waals surface area contributed by atoms with Crippen LogP contribution in [-0.2, 0) is 0 Å². The summed E-state index contributed by atoms with van der Waals surface area (Å²) in [6.45, 7) is 1.89. The van der Waals surface area contributed by atoms with Gasteiger partial charge in [0.05, 0.1) is 18.3 Å². The Balaban J connectivity index is 1.35. The maximum atomic E-state index is 14.0. The number of pyridine rings is 2. The van der Waals surface area contributed by atoms with Crippen LogP contribution in [0.2, 0.25) is 0 Å². The Kier molecular flexibility index (Phi) is 5.17. The van der Waals surface area contributed by atoms with E-state index in [1.54, 1.807) is 6.20 Å². The third-order valence-electron chi connectivity index (χ3n) is 6.38. The van der Waals surface area contributed by atoms with Crippen molar-refractivity contribution >= 4 is 5.82 Å². The van der Waals surface area contributed by atoms with Crippen LogP contribution in [0.4, 0.5) is 10.2 Å². The molecule has 3 aliphatic heterocycles. The van der Waals surface area contributed by atoms with Crippen molar-refractivity contribution in [1.82, 2.24) is 26.1 Å². The zero-order valence-corrected chi connectivity index (χ0v) is 16.3. The average molecular weight is 398 g/mol. The van der Waals surface area contributed by atoms with Crippen molar-refractivity contribution in [3.05, 3.63) is 54.0 Å². The molecule has 154 valence electrons. The molecule has 5 heterocycles. The van der Waals surface area contributed by atoms with Crippen LogP contribution in [0.5, 0.6) is 0 Å². The second-order valence-electron chi connectivity index (χ2n) is 8.44. The molecule has 0 saturated carbocycles. The molecule has 0 aromatic carbocycles. The van der Waals surface area contributed by atoms with E-state index in [-0.39, 0.29) is 18.1 Å². The lowest BCUT2D eigenvalue weighted by atomic mass is 9.81. The van der Waals surface area contributed by atoms with Crippen LogP contribution in [0.25, 0.3) is 0 Å². The van der Waals surface area contributed by atoms with Gasteiger partial charge in [0.2, 0.25) is 0 Å². The Morgan fingerprint density at radius 3 is 2.86 bits per heavy atom. The third kappa shape index (κ3) is 3.85.